The van der Waals surface area contributed by atoms with Crippen molar-refractivity contribution < 1.29 is 43.7 Å². The highest BCUT2D eigenvalue weighted by molar-refractivity contribution is 6.03. The highest BCUT2D eigenvalue weighted by atomic mass is 16.7. The fourth-order valence-corrected chi connectivity index (χ4v) is 10.6. The van der Waals surface area contributed by atoms with Gasteiger partial charge in [-0.05, 0) is 132 Å². The molecule has 13 heteroatoms. The Hall–Kier alpha value is -6.54. The molecule has 5 aromatic rings. The molecule has 5 aromatic carbocycles. The van der Waals surface area contributed by atoms with Crippen LogP contribution in [0.15, 0.2) is 133 Å². The quantitative estimate of drug-likeness (QED) is 0.0332. The number of aliphatic hydroxyl groups is 2. The van der Waals surface area contributed by atoms with E-state index in [-0.39, 0.29) is 62.8 Å². The molecule has 0 aromatic heterocycles. The lowest BCUT2D eigenvalue weighted by molar-refractivity contribution is -0.384. The van der Waals surface area contributed by atoms with Crippen LogP contribution in [-0.4, -0.2) is 70.6 Å². The van der Waals surface area contributed by atoms with Crippen molar-refractivity contribution in [2.75, 3.05) is 26.9 Å². The van der Waals surface area contributed by atoms with Crippen LogP contribution >= 0.6 is 0 Å². The number of methoxy groups -OCH3 is 1. The second-order valence-corrected chi connectivity index (χ2v) is 18.1. The molecule has 1 amide bonds. The van der Waals surface area contributed by atoms with E-state index in [1.165, 1.54) is 19.2 Å². The number of aryl methyl sites for hydroxylation is 2. The number of non-ortho nitro benzene ring substituents is 1. The first-order valence-corrected chi connectivity index (χ1v) is 23.6. The van der Waals surface area contributed by atoms with Crippen LogP contribution < -0.4 is 9.47 Å². The SMILES string of the molecule is C=CCO[C@@]12Oc3ccc(Oc4ccc(C)c(C)c4)cc3[C@H]3[C@H](CCCCO)[C@@H](CCCCO)C=C(C(=NOCc4ccc([N+](=O)[O-])cc4)C[C@@H]1N(Cc1cccc4ccccc14)C(=O)OC)[C@H]32. The fourth-order valence-electron chi connectivity index (χ4n) is 10.6. The van der Waals surface area contributed by atoms with Crippen LogP contribution in [0.3, 0.4) is 0 Å². The van der Waals surface area contributed by atoms with E-state index in [1.54, 1.807) is 23.1 Å². The van der Waals surface area contributed by atoms with E-state index >= 15 is 0 Å². The number of rotatable bonds is 20. The minimum atomic E-state index is -1.52. The molecule has 13 nitrogen and oxygen atoms in total. The second kappa shape index (κ2) is 21.6. The maximum Gasteiger partial charge on any atom is 0.410 e. The summed E-state index contributed by atoms with van der Waals surface area (Å²) in [6.45, 7) is 8.59. The van der Waals surface area contributed by atoms with Gasteiger partial charge in [0.25, 0.3) is 5.69 Å². The topological polar surface area (TPSA) is 162 Å². The Labute approximate surface area is 397 Å². The number of fused-ring (bicyclic) bond motifs is 3. The first-order valence-electron chi connectivity index (χ1n) is 23.6. The van der Waals surface area contributed by atoms with Crippen molar-refractivity contribution in [1.29, 1.82) is 0 Å². The van der Waals surface area contributed by atoms with Gasteiger partial charge in [0.2, 0.25) is 5.79 Å². The maximum atomic E-state index is 14.6. The molecule has 1 aliphatic heterocycles. The molecule has 68 heavy (non-hydrogen) atoms. The van der Waals surface area contributed by atoms with Gasteiger partial charge in [0.15, 0.2) is 0 Å². The molecule has 2 aliphatic carbocycles. The van der Waals surface area contributed by atoms with E-state index in [2.05, 4.69) is 32.6 Å². The Bertz CT molecular complexity index is 2660. The van der Waals surface area contributed by atoms with Crippen molar-refractivity contribution in [2.24, 2.45) is 22.9 Å². The summed E-state index contributed by atoms with van der Waals surface area (Å²) in [4.78, 5) is 33.5. The number of ether oxygens (including phenoxy) is 4. The van der Waals surface area contributed by atoms with Crippen LogP contribution in [0.1, 0.15) is 78.7 Å². The zero-order chi connectivity index (χ0) is 47.8. The average Bonchev–Trinajstić information content (AvgIpc) is 3.35. The van der Waals surface area contributed by atoms with Crippen LogP contribution in [-0.2, 0) is 27.5 Å². The number of nitro benzene ring substituents is 1. The summed E-state index contributed by atoms with van der Waals surface area (Å²) in [6.07, 6.45) is 7.89. The third kappa shape index (κ3) is 10.0. The van der Waals surface area contributed by atoms with Gasteiger partial charge in [0.05, 0.1) is 36.8 Å². The lowest BCUT2D eigenvalue weighted by atomic mass is 9.55. The number of nitrogens with zero attached hydrogens (tertiary/aromatic N) is 3. The van der Waals surface area contributed by atoms with Crippen molar-refractivity contribution in [3.8, 4) is 17.2 Å². The Morgan fingerprint density at radius 3 is 2.40 bits per heavy atom. The van der Waals surface area contributed by atoms with E-state index in [1.807, 2.05) is 72.8 Å². The molecule has 3 aliphatic rings. The van der Waals surface area contributed by atoms with Crippen molar-refractivity contribution >= 4 is 28.3 Å². The molecular weight excluding hydrogens is 863 g/mol. The maximum absolute atomic E-state index is 14.6. The van der Waals surface area contributed by atoms with Crippen molar-refractivity contribution in [3.63, 3.8) is 0 Å². The number of oxime groups is 1. The fraction of sp³-hybridized carbons (Fsp3) is 0.382. The van der Waals surface area contributed by atoms with E-state index < -0.39 is 28.8 Å². The molecule has 0 spiro atoms. The largest absolute Gasteiger partial charge is 0.459 e. The highest BCUT2D eigenvalue weighted by Gasteiger charge is 2.65. The van der Waals surface area contributed by atoms with Crippen LogP contribution in [0, 0.1) is 41.7 Å². The number of carbonyl (C=O) groups is 1. The number of hydrogen-bond acceptors (Lipinski definition) is 11. The van der Waals surface area contributed by atoms with Gasteiger partial charge in [0.1, 0.15) is 29.9 Å². The van der Waals surface area contributed by atoms with Crippen LogP contribution in [0.25, 0.3) is 10.8 Å². The number of allylic oxidation sites excluding steroid dienone is 1. The van der Waals surface area contributed by atoms with Gasteiger partial charge < -0.3 is 34.0 Å². The Kier molecular flexibility index (Phi) is 15.2. The predicted octanol–water partition coefficient (Wildman–Crippen LogP) is 11.3. The second-order valence-electron chi connectivity index (χ2n) is 18.1. The van der Waals surface area contributed by atoms with Crippen LogP contribution in [0.4, 0.5) is 10.5 Å². The van der Waals surface area contributed by atoms with Crippen molar-refractivity contribution in [1.82, 2.24) is 4.90 Å². The van der Waals surface area contributed by atoms with Crippen LogP contribution in [0.2, 0.25) is 0 Å². The lowest BCUT2D eigenvalue weighted by Gasteiger charge is -2.59. The standard InChI is InChI=1S/C55H61N3O10/c1-5-29-65-55-51(57(54(61)64-4)34-41-16-12-15-39-13-6-7-17-45(39)41)33-49(56-66-35-38-20-22-42(23-21-38)58(62)63)47-31-40(14-8-10-27-59)46(18-9-11-28-60)52(53(47)55)48-32-44(25-26-50(48)68-55)67-43-24-19-36(2)37(3)30-43/h5-7,12-13,15-17,19-26,30-32,40,46,51-53,59-60H,1,8-11,14,18,27-29,33-35H2,2-4H3/t40-,46+,51-,52+,53+,55+/m0/s1. The van der Waals surface area contributed by atoms with Gasteiger partial charge in [-0.2, -0.15) is 0 Å². The zero-order valence-electron chi connectivity index (χ0n) is 39.1. The van der Waals surface area contributed by atoms with Gasteiger partial charge in [0, 0.05) is 43.2 Å². The van der Waals surface area contributed by atoms with Gasteiger partial charge in [-0.1, -0.05) is 78.7 Å². The summed E-state index contributed by atoms with van der Waals surface area (Å²) < 4.78 is 26.8. The lowest BCUT2D eigenvalue weighted by Crippen LogP contribution is -2.70. The first-order chi connectivity index (χ1) is 33.1. The number of unbranched alkanes of at least 4 members (excludes halogenated alkanes) is 2. The molecule has 2 N–H and O–H groups in total. The number of aliphatic hydroxyl groups excluding tert-OH is 2. The molecular formula is C55H61N3O10. The molecule has 8 rings (SSSR count). The normalized spacial score (nSPS) is 22.0. The van der Waals surface area contributed by atoms with E-state index in [4.69, 9.17) is 28.9 Å². The van der Waals surface area contributed by atoms with E-state index in [9.17, 15) is 25.1 Å². The number of carbonyl (C=O) groups excluding carboxylic acids is 1. The van der Waals surface area contributed by atoms with Gasteiger partial charge in [-0.25, -0.2) is 4.79 Å². The molecule has 0 unspecified atom stereocenters. The number of amides is 1. The Morgan fingerprint density at radius 2 is 1.66 bits per heavy atom. The Morgan fingerprint density at radius 1 is 0.926 bits per heavy atom. The third-order valence-corrected chi connectivity index (χ3v) is 13.9. The molecule has 1 saturated carbocycles. The van der Waals surface area contributed by atoms with Gasteiger partial charge >= 0.3 is 6.09 Å². The number of hydrogen-bond donors (Lipinski definition) is 2. The summed E-state index contributed by atoms with van der Waals surface area (Å²) in [5.74, 6) is -0.436. The molecule has 1 fully saturated rings. The molecule has 0 radical (unpaired) electrons. The summed E-state index contributed by atoms with van der Waals surface area (Å²) in [6, 6.07) is 31.3. The monoisotopic (exact) mass is 923 g/mol. The predicted molar refractivity (Wildman–Crippen MR) is 261 cm³/mol. The van der Waals surface area contributed by atoms with Gasteiger partial charge in [-0.15, -0.1) is 6.58 Å². The molecule has 356 valence electrons. The molecule has 0 saturated heterocycles. The number of benzene rings is 5. The van der Waals surface area contributed by atoms with Crippen molar-refractivity contribution in [2.45, 2.75) is 89.7 Å². The zero-order valence-corrected chi connectivity index (χ0v) is 39.1. The van der Waals surface area contributed by atoms with E-state index in [0.717, 1.165) is 64.3 Å². The van der Waals surface area contributed by atoms with Crippen LogP contribution in [0.5, 0.6) is 17.2 Å². The Balaban J connectivity index is 1.34. The summed E-state index contributed by atoms with van der Waals surface area (Å²) >= 11 is 0. The molecule has 1 heterocycles. The first kappa shape index (κ1) is 47.9. The molecule has 0 bridgehead atoms. The van der Waals surface area contributed by atoms with Crippen molar-refractivity contribution in [3.05, 3.63) is 165 Å². The minimum absolute atomic E-state index is 0.00712. The minimum Gasteiger partial charge on any atom is -0.459 e. The van der Waals surface area contributed by atoms with E-state index in [0.29, 0.717) is 41.4 Å². The third-order valence-electron chi connectivity index (χ3n) is 13.9. The summed E-state index contributed by atoms with van der Waals surface area (Å²) in [5, 5.41) is 38.4. The number of nitro groups is 1. The summed E-state index contributed by atoms with van der Waals surface area (Å²) in [7, 11) is 1.37. The molecule has 6 atom stereocenters. The smallest absolute Gasteiger partial charge is 0.410 e. The average molecular weight is 924 g/mol. The summed E-state index contributed by atoms with van der Waals surface area (Å²) in [5.41, 5.74) is 6.23. The van der Waals surface area contributed by atoms with Gasteiger partial charge in [-0.3, -0.25) is 15.0 Å². The highest BCUT2D eigenvalue weighted by Crippen LogP contribution is 2.62.